The van der Waals surface area contributed by atoms with Gasteiger partial charge in [0.1, 0.15) is 11.9 Å². The average Bonchev–Trinajstić information content (AvgIpc) is 3.29. The smallest absolute Gasteiger partial charge is 0.407 e. The Bertz CT molecular complexity index is 856. The fraction of sp³-hybridized carbons (Fsp3) is 0.500. The van der Waals surface area contributed by atoms with Gasteiger partial charge in [0.2, 0.25) is 0 Å². The molecule has 0 aliphatic heterocycles. The number of ether oxygens (including phenoxy) is 1. The van der Waals surface area contributed by atoms with Gasteiger partial charge in [0.15, 0.2) is 5.82 Å². The summed E-state index contributed by atoms with van der Waals surface area (Å²) in [6, 6.07) is 5.37. The highest BCUT2D eigenvalue weighted by Gasteiger charge is 2.30. The van der Waals surface area contributed by atoms with Crippen LogP contribution in [-0.4, -0.2) is 45.9 Å². The van der Waals surface area contributed by atoms with Crippen molar-refractivity contribution in [3.8, 4) is 0 Å². The van der Waals surface area contributed by atoms with E-state index in [1.807, 2.05) is 26.8 Å². The van der Waals surface area contributed by atoms with Gasteiger partial charge in [-0.2, -0.15) is 5.10 Å². The average molecular weight is 400 g/mol. The van der Waals surface area contributed by atoms with Crippen molar-refractivity contribution in [1.82, 2.24) is 25.8 Å². The van der Waals surface area contributed by atoms with E-state index in [4.69, 9.17) is 4.74 Å². The SMILES string of the molecule is CNC(=O)c1ccc(Nc2cc([C@H]3CC[C@@H](OC(=O)NC(C)(C)C)C3)[nH]n2)nc1. The number of carbonyl (C=O) groups is 2. The Morgan fingerprint density at radius 2 is 2.00 bits per heavy atom. The second-order valence-electron chi connectivity index (χ2n) is 8.26. The summed E-state index contributed by atoms with van der Waals surface area (Å²) in [5, 5.41) is 15.9. The zero-order valence-electron chi connectivity index (χ0n) is 17.2. The first-order valence-corrected chi connectivity index (χ1v) is 9.73. The number of anilines is 2. The zero-order valence-corrected chi connectivity index (χ0v) is 17.2. The molecule has 9 nitrogen and oxygen atoms in total. The van der Waals surface area contributed by atoms with Gasteiger partial charge in [-0.05, 0) is 52.2 Å². The van der Waals surface area contributed by atoms with Crippen LogP contribution in [0.5, 0.6) is 0 Å². The molecule has 1 saturated carbocycles. The molecule has 1 fully saturated rings. The van der Waals surface area contributed by atoms with Crippen LogP contribution in [0.2, 0.25) is 0 Å². The lowest BCUT2D eigenvalue weighted by Gasteiger charge is -2.22. The maximum Gasteiger partial charge on any atom is 0.407 e. The molecule has 1 aliphatic carbocycles. The number of H-pyrrole nitrogens is 1. The zero-order chi connectivity index (χ0) is 21.0. The summed E-state index contributed by atoms with van der Waals surface area (Å²) in [7, 11) is 1.58. The molecule has 1 aliphatic rings. The van der Waals surface area contributed by atoms with Crippen LogP contribution in [0.1, 0.15) is 62.0 Å². The molecule has 2 atom stereocenters. The van der Waals surface area contributed by atoms with E-state index < -0.39 is 0 Å². The van der Waals surface area contributed by atoms with E-state index in [1.165, 1.54) is 6.20 Å². The van der Waals surface area contributed by atoms with E-state index >= 15 is 0 Å². The third-order valence-corrected chi connectivity index (χ3v) is 4.68. The number of rotatable bonds is 5. The third kappa shape index (κ3) is 5.69. The molecule has 2 aromatic rings. The van der Waals surface area contributed by atoms with E-state index in [0.29, 0.717) is 17.2 Å². The summed E-state index contributed by atoms with van der Waals surface area (Å²) < 4.78 is 5.54. The highest BCUT2D eigenvalue weighted by molar-refractivity contribution is 5.93. The minimum Gasteiger partial charge on any atom is -0.446 e. The Kier molecular flexibility index (Phi) is 6.05. The molecular weight excluding hydrogens is 372 g/mol. The minimum absolute atomic E-state index is 0.0963. The first-order chi connectivity index (χ1) is 13.7. The summed E-state index contributed by atoms with van der Waals surface area (Å²) in [6.45, 7) is 5.77. The predicted octanol–water partition coefficient (Wildman–Crippen LogP) is 3.07. The predicted molar refractivity (Wildman–Crippen MR) is 109 cm³/mol. The lowest BCUT2D eigenvalue weighted by molar-refractivity contribution is 0.0934. The Morgan fingerprint density at radius 3 is 2.66 bits per heavy atom. The van der Waals surface area contributed by atoms with Gasteiger partial charge in [-0.15, -0.1) is 0 Å². The largest absolute Gasteiger partial charge is 0.446 e. The number of aromatic amines is 1. The first-order valence-electron chi connectivity index (χ1n) is 9.73. The number of nitrogens with one attached hydrogen (secondary N) is 4. The number of alkyl carbamates (subject to hydrolysis) is 1. The van der Waals surface area contributed by atoms with Gasteiger partial charge in [-0.3, -0.25) is 9.89 Å². The van der Waals surface area contributed by atoms with Gasteiger partial charge < -0.3 is 20.7 Å². The molecule has 29 heavy (non-hydrogen) atoms. The standard InChI is InChI=1S/C20H28N6O3/c1-20(2,3)24-19(28)29-14-7-5-12(9-14)15-10-17(26-25-15)23-16-8-6-13(11-22-16)18(27)21-4/h6,8,10-12,14H,5,7,9H2,1-4H3,(H,21,27)(H,24,28)(H2,22,23,25,26)/t12-,14+/m0/s1. The normalized spacial score (nSPS) is 18.9. The summed E-state index contributed by atoms with van der Waals surface area (Å²) in [4.78, 5) is 27.8. The quantitative estimate of drug-likeness (QED) is 0.612. The van der Waals surface area contributed by atoms with Crippen molar-refractivity contribution in [1.29, 1.82) is 0 Å². The van der Waals surface area contributed by atoms with Gasteiger partial charge in [0, 0.05) is 36.5 Å². The Hall–Kier alpha value is -3.10. The van der Waals surface area contributed by atoms with Gasteiger partial charge >= 0.3 is 6.09 Å². The second kappa shape index (κ2) is 8.50. The van der Waals surface area contributed by atoms with Crippen LogP contribution in [0.15, 0.2) is 24.4 Å². The molecule has 0 aromatic carbocycles. The first kappa shape index (κ1) is 20.6. The van der Waals surface area contributed by atoms with Gasteiger partial charge in [-0.25, -0.2) is 9.78 Å². The maximum absolute atomic E-state index is 12.0. The second-order valence-corrected chi connectivity index (χ2v) is 8.26. The molecule has 9 heteroatoms. The molecule has 156 valence electrons. The fourth-order valence-electron chi connectivity index (χ4n) is 3.30. The fourth-order valence-corrected chi connectivity index (χ4v) is 3.30. The van der Waals surface area contributed by atoms with Gasteiger partial charge in [0.05, 0.1) is 5.56 Å². The number of hydrogen-bond donors (Lipinski definition) is 4. The molecule has 0 saturated heterocycles. The molecule has 0 unspecified atom stereocenters. The highest BCUT2D eigenvalue weighted by Crippen LogP contribution is 2.36. The number of aromatic nitrogens is 3. The lowest BCUT2D eigenvalue weighted by Crippen LogP contribution is -2.42. The van der Waals surface area contributed by atoms with Crippen LogP contribution < -0.4 is 16.0 Å². The number of amides is 2. The summed E-state index contributed by atoms with van der Waals surface area (Å²) in [6.07, 6.45) is 3.55. The number of hydrogen-bond acceptors (Lipinski definition) is 6. The summed E-state index contributed by atoms with van der Waals surface area (Å²) in [5.41, 5.74) is 1.18. The lowest BCUT2D eigenvalue weighted by atomic mass is 10.0. The Balaban J connectivity index is 1.54. The van der Waals surface area contributed by atoms with Crippen LogP contribution >= 0.6 is 0 Å². The molecule has 4 N–H and O–H groups in total. The number of carbonyl (C=O) groups excluding carboxylic acids is 2. The molecule has 2 heterocycles. The van der Waals surface area contributed by atoms with E-state index in [9.17, 15) is 9.59 Å². The van der Waals surface area contributed by atoms with Crippen molar-refractivity contribution in [2.75, 3.05) is 12.4 Å². The monoisotopic (exact) mass is 400 g/mol. The number of pyridine rings is 1. The summed E-state index contributed by atoms with van der Waals surface area (Å²) >= 11 is 0. The third-order valence-electron chi connectivity index (χ3n) is 4.68. The van der Waals surface area contributed by atoms with Gasteiger partial charge in [-0.1, -0.05) is 0 Å². The Morgan fingerprint density at radius 1 is 1.21 bits per heavy atom. The highest BCUT2D eigenvalue weighted by atomic mass is 16.6. The van der Waals surface area contributed by atoms with Gasteiger partial charge in [0.25, 0.3) is 5.91 Å². The van der Waals surface area contributed by atoms with Crippen LogP contribution in [0.3, 0.4) is 0 Å². The molecular formula is C20H28N6O3. The topological polar surface area (TPSA) is 121 Å². The van der Waals surface area contributed by atoms with Crippen molar-refractivity contribution in [2.45, 2.75) is 57.6 Å². The minimum atomic E-state index is -0.374. The summed E-state index contributed by atoms with van der Waals surface area (Å²) in [5.74, 6) is 1.33. The maximum atomic E-state index is 12.0. The van der Waals surface area contributed by atoms with Crippen molar-refractivity contribution >= 4 is 23.6 Å². The molecule has 3 rings (SSSR count). The van der Waals surface area contributed by atoms with Crippen LogP contribution in [0, 0.1) is 0 Å². The van der Waals surface area contributed by atoms with E-state index in [2.05, 4.69) is 31.1 Å². The molecule has 2 aromatic heterocycles. The number of nitrogens with zero attached hydrogens (tertiary/aromatic N) is 2. The van der Waals surface area contributed by atoms with Crippen LogP contribution in [0.25, 0.3) is 0 Å². The molecule has 0 spiro atoms. The van der Waals surface area contributed by atoms with Crippen LogP contribution in [-0.2, 0) is 4.74 Å². The van der Waals surface area contributed by atoms with Crippen LogP contribution in [0.4, 0.5) is 16.4 Å². The van der Waals surface area contributed by atoms with Crippen molar-refractivity contribution in [3.05, 3.63) is 35.7 Å². The van der Waals surface area contributed by atoms with Crippen molar-refractivity contribution < 1.29 is 14.3 Å². The molecule has 0 bridgehead atoms. The Labute approximate surface area is 170 Å². The van der Waals surface area contributed by atoms with E-state index in [1.54, 1.807) is 19.2 Å². The molecule has 0 radical (unpaired) electrons. The van der Waals surface area contributed by atoms with E-state index in [-0.39, 0.29) is 29.6 Å². The molecule has 2 amide bonds. The van der Waals surface area contributed by atoms with E-state index in [0.717, 1.165) is 25.0 Å². The van der Waals surface area contributed by atoms with Crippen molar-refractivity contribution in [2.24, 2.45) is 0 Å². The van der Waals surface area contributed by atoms with Crippen molar-refractivity contribution in [3.63, 3.8) is 0 Å².